The van der Waals surface area contributed by atoms with E-state index in [0.717, 1.165) is 22.6 Å². The quantitative estimate of drug-likeness (QED) is 0.790. The Kier molecular flexibility index (Phi) is 6.37. The molecule has 1 saturated carbocycles. The van der Waals surface area contributed by atoms with Gasteiger partial charge in [0, 0.05) is 6.04 Å². The first kappa shape index (κ1) is 15.8. The first-order valence-electron chi connectivity index (χ1n) is 7.77. The van der Waals surface area contributed by atoms with Crippen LogP contribution in [0.2, 0.25) is 0 Å². The van der Waals surface area contributed by atoms with E-state index >= 15 is 0 Å². The van der Waals surface area contributed by atoms with Gasteiger partial charge in [0.2, 0.25) is 0 Å². The molecule has 2 rings (SSSR count). The smallest absolute Gasteiger partial charge is 0.133 e. The van der Waals surface area contributed by atoms with Crippen molar-refractivity contribution < 1.29 is 4.74 Å². The average Bonchev–Trinajstić information content (AvgIpc) is 2.67. The Morgan fingerprint density at radius 3 is 2.55 bits per heavy atom. The molecule has 20 heavy (non-hydrogen) atoms. The molecule has 0 saturated heterocycles. The molecule has 1 aliphatic rings. The van der Waals surface area contributed by atoms with E-state index in [1.54, 1.807) is 7.11 Å². The third kappa shape index (κ3) is 4.78. The van der Waals surface area contributed by atoms with Crippen molar-refractivity contribution in [3.05, 3.63) is 28.2 Å². The van der Waals surface area contributed by atoms with Crippen LogP contribution < -0.4 is 10.5 Å². The third-order valence-electron chi connectivity index (χ3n) is 4.32. The molecule has 0 aromatic heterocycles. The zero-order valence-electron chi connectivity index (χ0n) is 12.4. The highest BCUT2D eigenvalue weighted by atomic mass is 79.9. The molecule has 0 amide bonds. The zero-order chi connectivity index (χ0) is 14.4. The molecule has 1 aliphatic carbocycles. The first-order valence-corrected chi connectivity index (χ1v) is 8.56. The SMILES string of the molecule is COc1ccc(CC(N)CC2CCCCCC2)cc1Br. The summed E-state index contributed by atoms with van der Waals surface area (Å²) in [7, 11) is 1.69. The van der Waals surface area contributed by atoms with Crippen LogP contribution in [0.5, 0.6) is 5.75 Å². The normalized spacial score (nSPS) is 18.6. The Balaban J connectivity index is 1.87. The molecule has 112 valence electrons. The zero-order valence-corrected chi connectivity index (χ0v) is 14.0. The van der Waals surface area contributed by atoms with E-state index < -0.39 is 0 Å². The van der Waals surface area contributed by atoms with Gasteiger partial charge in [-0.25, -0.2) is 0 Å². The summed E-state index contributed by atoms with van der Waals surface area (Å²) >= 11 is 3.54. The Morgan fingerprint density at radius 1 is 1.25 bits per heavy atom. The highest BCUT2D eigenvalue weighted by Crippen LogP contribution is 2.28. The Morgan fingerprint density at radius 2 is 1.95 bits per heavy atom. The lowest BCUT2D eigenvalue weighted by molar-refractivity contribution is 0.386. The highest BCUT2D eigenvalue weighted by Gasteiger charge is 2.16. The van der Waals surface area contributed by atoms with E-state index in [9.17, 15) is 0 Å². The summed E-state index contributed by atoms with van der Waals surface area (Å²) in [6, 6.07) is 6.54. The van der Waals surface area contributed by atoms with Crippen molar-refractivity contribution in [1.29, 1.82) is 0 Å². The van der Waals surface area contributed by atoms with Gasteiger partial charge in [-0.15, -0.1) is 0 Å². The Labute approximate surface area is 131 Å². The van der Waals surface area contributed by atoms with Crippen LogP contribution in [-0.4, -0.2) is 13.2 Å². The second kappa shape index (κ2) is 8.04. The number of hydrogen-bond acceptors (Lipinski definition) is 2. The van der Waals surface area contributed by atoms with E-state index in [1.165, 1.54) is 50.5 Å². The van der Waals surface area contributed by atoms with Gasteiger partial charge in [0.05, 0.1) is 11.6 Å². The number of ether oxygens (including phenoxy) is 1. The summed E-state index contributed by atoms with van der Waals surface area (Å²) in [4.78, 5) is 0. The van der Waals surface area contributed by atoms with Gasteiger partial charge < -0.3 is 10.5 Å². The largest absolute Gasteiger partial charge is 0.496 e. The summed E-state index contributed by atoms with van der Waals surface area (Å²) in [5.41, 5.74) is 7.65. The average molecular weight is 340 g/mol. The van der Waals surface area contributed by atoms with Gasteiger partial charge >= 0.3 is 0 Å². The number of benzene rings is 1. The van der Waals surface area contributed by atoms with E-state index in [2.05, 4.69) is 28.1 Å². The van der Waals surface area contributed by atoms with Gasteiger partial charge in [-0.2, -0.15) is 0 Å². The minimum Gasteiger partial charge on any atom is -0.496 e. The molecule has 0 spiro atoms. The fourth-order valence-electron chi connectivity index (χ4n) is 3.25. The standard InChI is InChI=1S/C17H26BrNO/c1-20-17-9-8-14(12-16(17)18)11-15(19)10-13-6-4-2-3-5-7-13/h8-9,12-13,15H,2-7,10-11,19H2,1H3. The second-order valence-corrected chi connectivity index (χ2v) is 6.88. The predicted octanol–water partition coefficient (Wildman–Crippen LogP) is 4.69. The fraction of sp³-hybridized carbons (Fsp3) is 0.647. The summed E-state index contributed by atoms with van der Waals surface area (Å²) in [6.07, 6.45) is 10.5. The minimum absolute atomic E-state index is 0.276. The second-order valence-electron chi connectivity index (χ2n) is 6.03. The van der Waals surface area contributed by atoms with E-state index in [1.807, 2.05) is 6.07 Å². The van der Waals surface area contributed by atoms with Crippen molar-refractivity contribution in [3.8, 4) is 5.75 Å². The monoisotopic (exact) mass is 339 g/mol. The molecule has 0 radical (unpaired) electrons. The number of halogens is 1. The van der Waals surface area contributed by atoms with Crippen LogP contribution >= 0.6 is 15.9 Å². The molecule has 2 nitrogen and oxygen atoms in total. The Bertz CT molecular complexity index is 413. The van der Waals surface area contributed by atoms with Crippen molar-refractivity contribution in [3.63, 3.8) is 0 Å². The lowest BCUT2D eigenvalue weighted by atomic mass is 9.90. The molecule has 1 atom stereocenters. The summed E-state index contributed by atoms with van der Waals surface area (Å²) in [5, 5.41) is 0. The summed E-state index contributed by atoms with van der Waals surface area (Å²) in [5.74, 6) is 1.72. The first-order chi connectivity index (χ1) is 9.69. The molecule has 0 aliphatic heterocycles. The van der Waals surface area contributed by atoms with Gasteiger partial charge in [0.25, 0.3) is 0 Å². The molecule has 1 aromatic carbocycles. The molecule has 1 aromatic rings. The van der Waals surface area contributed by atoms with Crippen molar-refractivity contribution in [2.24, 2.45) is 11.7 Å². The molecule has 2 N–H and O–H groups in total. The van der Waals surface area contributed by atoms with Crippen molar-refractivity contribution in [2.45, 2.75) is 57.4 Å². The van der Waals surface area contributed by atoms with Gasteiger partial charge in [-0.3, -0.25) is 0 Å². The Hall–Kier alpha value is -0.540. The maximum Gasteiger partial charge on any atom is 0.133 e. The molecule has 1 unspecified atom stereocenters. The topological polar surface area (TPSA) is 35.2 Å². The van der Waals surface area contributed by atoms with Crippen molar-refractivity contribution >= 4 is 15.9 Å². The van der Waals surface area contributed by atoms with Gasteiger partial charge in [-0.1, -0.05) is 44.6 Å². The van der Waals surface area contributed by atoms with Crippen LogP contribution in [0, 0.1) is 5.92 Å². The third-order valence-corrected chi connectivity index (χ3v) is 4.94. The van der Waals surface area contributed by atoms with Gasteiger partial charge in [0.1, 0.15) is 5.75 Å². The van der Waals surface area contributed by atoms with Gasteiger partial charge in [0.15, 0.2) is 0 Å². The number of rotatable bonds is 5. The molecular formula is C17H26BrNO. The molecular weight excluding hydrogens is 314 g/mol. The van der Waals surface area contributed by atoms with E-state index in [-0.39, 0.29) is 6.04 Å². The van der Waals surface area contributed by atoms with Crippen LogP contribution in [0.15, 0.2) is 22.7 Å². The maximum atomic E-state index is 6.36. The van der Waals surface area contributed by atoms with Crippen LogP contribution in [0.1, 0.15) is 50.5 Å². The van der Waals surface area contributed by atoms with E-state index in [0.29, 0.717) is 0 Å². The van der Waals surface area contributed by atoms with Crippen molar-refractivity contribution in [1.82, 2.24) is 0 Å². The minimum atomic E-state index is 0.276. The van der Waals surface area contributed by atoms with Crippen LogP contribution in [0.25, 0.3) is 0 Å². The van der Waals surface area contributed by atoms with Crippen LogP contribution in [-0.2, 0) is 6.42 Å². The number of hydrogen-bond donors (Lipinski definition) is 1. The van der Waals surface area contributed by atoms with Crippen LogP contribution in [0.3, 0.4) is 0 Å². The number of methoxy groups -OCH3 is 1. The molecule has 0 heterocycles. The summed E-state index contributed by atoms with van der Waals surface area (Å²) in [6.45, 7) is 0. The number of nitrogens with two attached hydrogens (primary N) is 1. The lowest BCUT2D eigenvalue weighted by Crippen LogP contribution is -2.26. The van der Waals surface area contributed by atoms with E-state index in [4.69, 9.17) is 10.5 Å². The molecule has 0 bridgehead atoms. The fourth-order valence-corrected chi connectivity index (χ4v) is 3.84. The van der Waals surface area contributed by atoms with Crippen LogP contribution in [0.4, 0.5) is 0 Å². The predicted molar refractivity (Wildman–Crippen MR) is 88.2 cm³/mol. The van der Waals surface area contributed by atoms with Crippen molar-refractivity contribution in [2.75, 3.05) is 7.11 Å². The molecule has 1 fully saturated rings. The maximum absolute atomic E-state index is 6.36. The highest BCUT2D eigenvalue weighted by molar-refractivity contribution is 9.10. The van der Waals surface area contributed by atoms with Gasteiger partial charge in [-0.05, 0) is 52.4 Å². The summed E-state index contributed by atoms with van der Waals surface area (Å²) < 4.78 is 6.28. The molecule has 3 heteroatoms. The lowest BCUT2D eigenvalue weighted by Gasteiger charge is -2.19.